The van der Waals surface area contributed by atoms with Crippen molar-refractivity contribution < 1.29 is 50.6 Å². The maximum atomic E-state index is 0. The van der Waals surface area contributed by atoms with Gasteiger partial charge in [0.15, 0.2) is 0 Å². The van der Waals surface area contributed by atoms with Crippen molar-refractivity contribution in [1.82, 2.24) is 0 Å². The summed E-state index contributed by atoms with van der Waals surface area (Å²) in [7, 11) is 0. The van der Waals surface area contributed by atoms with Crippen molar-refractivity contribution in [3.8, 4) is 0 Å². The molecule has 0 heterocycles. The van der Waals surface area contributed by atoms with Gasteiger partial charge in [-0.1, -0.05) is 0 Å². The number of hydrogen-bond donors (Lipinski definition) is 0. The molecule has 4 heteroatoms. The van der Waals surface area contributed by atoms with Crippen molar-refractivity contribution in [3.05, 3.63) is 0 Å². The van der Waals surface area contributed by atoms with Crippen LogP contribution in [0.5, 0.6) is 0 Å². The first-order valence-electron chi connectivity index (χ1n) is 0. The predicted molar refractivity (Wildman–Crippen MR) is 0 cm³/mol. The molecule has 0 aromatic carbocycles. The molecule has 0 rings (SSSR count). The van der Waals surface area contributed by atoms with Crippen LogP contribution in [0, 0.1) is 0 Å². The van der Waals surface area contributed by atoms with Crippen LogP contribution in [-0.4, -0.2) is 0 Å². The molecule has 0 bridgehead atoms. The Morgan fingerprint density at radius 3 is 0.750 bits per heavy atom. The minimum absolute atomic E-state index is 0. The van der Waals surface area contributed by atoms with Crippen molar-refractivity contribution in [3.63, 3.8) is 0 Å². The summed E-state index contributed by atoms with van der Waals surface area (Å²) >= 11 is 0. The molecule has 0 aliphatic heterocycles. The summed E-state index contributed by atoms with van der Waals surface area (Å²) in [6.45, 7) is 0. The SMILES string of the molecule is [Ag+].[F-].[F-].[Li+]. The Morgan fingerprint density at radius 2 is 0.750 bits per heavy atom. The van der Waals surface area contributed by atoms with E-state index in [-0.39, 0.29) is 50.6 Å². The molecule has 4 heavy (non-hydrogen) atoms. The Morgan fingerprint density at radius 1 is 0.750 bits per heavy atom. The van der Waals surface area contributed by atoms with Crippen LogP contribution in [0.1, 0.15) is 0 Å². The molecule has 0 saturated carbocycles. The monoisotopic (exact) mass is 152 g/mol. The smallest absolute Gasteiger partial charge is 1.00 e. The first-order chi connectivity index (χ1) is 0. The molecule has 0 spiro atoms. The molecule has 0 aliphatic carbocycles. The Balaban J connectivity index is 0. The maximum Gasteiger partial charge on any atom is 1.00 e. The van der Waals surface area contributed by atoms with E-state index in [1.807, 2.05) is 0 Å². The van der Waals surface area contributed by atoms with Gasteiger partial charge in [-0.05, 0) is 0 Å². The zero-order valence-corrected chi connectivity index (χ0v) is 3.54. The van der Waals surface area contributed by atoms with Crippen molar-refractivity contribution in [2.75, 3.05) is 0 Å². The molecular formula is AgF2Li. The van der Waals surface area contributed by atoms with Gasteiger partial charge in [-0.15, -0.1) is 0 Å². The van der Waals surface area contributed by atoms with Gasteiger partial charge < -0.3 is 9.41 Å². The number of hydrogen-bond acceptors (Lipinski definition) is 0. The molecule has 0 amide bonds. The van der Waals surface area contributed by atoms with Crippen LogP contribution in [0.4, 0.5) is 0 Å². The van der Waals surface area contributed by atoms with Crippen LogP contribution < -0.4 is 28.3 Å². The average molecular weight is 153 g/mol. The van der Waals surface area contributed by atoms with Crippen LogP contribution in [0.3, 0.4) is 0 Å². The molecule has 0 aromatic rings. The van der Waals surface area contributed by atoms with Gasteiger partial charge in [0.1, 0.15) is 0 Å². The third-order valence-corrected chi connectivity index (χ3v) is 0. The van der Waals surface area contributed by atoms with Gasteiger partial charge >= 0.3 is 41.2 Å². The average Bonchev–Trinajstić information content (AvgIpc) is 0. The van der Waals surface area contributed by atoms with Gasteiger partial charge in [-0.3, -0.25) is 0 Å². The van der Waals surface area contributed by atoms with E-state index in [1.165, 1.54) is 0 Å². The Labute approximate surface area is 50.8 Å². The van der Waals surface area contributed by atoms with Crippen LogP contribution >= 0.6 is 0 Å². The van der Waals surface area contributed by atoms with E-state index in [0.717, 1.165) is 0 Å². The molecule has 0 radical (unpaired) electrons. The fraction of sp³-hybridized carbons (Fsp3) is 0. The van der Waals surface area contributed by atoms with Crippen LogP contribution in [-0.2, 0) is 22.4 Å². The van der Waals surface area contributed by atoms with Crippen LogP contribution in [0.15, 0.2) is 0 Å². The maximum absolute atomic E-state index is 0. The minimum atomic E-state index is 0. The van der Waals surface area contributed by atoms with E-state index in [0.29, 0.717) is 0 Å². The van der Waals surface area contributed by atoms with E-state index in [2.05, 4.69) is 0 Å². The second kappa shape index (κ2) is 29.9. The van der Waals surface area contributed by atoms with Crippen LogP contribution in [0.2, 0.25) is 0 Å². The summed E-state index contributed by atoms with van der Waals surface area (Å²) in [4.78, 5) is 0. The topological polar surface area (TPSA) is 0 Å². The van der Waals surface area contributed by atoms with E-state index in [1.54, 1.807) is 0 Å². The molecule has 0 unspecified atom stereocenters. The molecule has 0 saturated heterocycles. The molecule has 0 N–H and O–H groups in total. The quantitative estimate of drug-likeness (QED) is 0.303. The fourth-order valence-electron chi connectivity index (χ4n) is 0. The Kier molecular flexibility index (Phi) is 478. The van der Waals surface area contributed by atoms with E-state index in [9.17, 15) is 0 Å². The largest absolute Gasteiger partial charge is 1.00 e. The zero-order chi connectivity index (χ0) is 0. The van der Waals surface area contributed by atoms with Gasteiger partial charge in [0.2, 0.25) is 0 Å². The molecule has 0 nitrogen and oxygen atoms in total. The number of rotatable bonds is 0. The predicted octanol–water partition coefficient (Wildman–Crippen LogP) is -8.99. The summed E-state index contributed by atoms with van der Waals surface area (Å²) in [5, 5.41) is 0. The minimum Gasteiger partial charge on any atom is -1.00 e. The van der Waals surface area contributed by atoms with E-state index >= 15 is 0 Å². The first-order valence-corrected chi connectivity index (χ1v) is 0. The van der Waals surface area contributed by atoms with Gasteiger partial charge in [0.05, 0.1) is 0 Å². The summed E-state index contributed by atoms with van der Waals surface area (Å²) in [5.74, 6) is 0. The van der Waals surface area contributed by atoms with E-state index < -0.39 is 0 Å². The second-order valence-corrected chi connectivity index (χ2v) is 0. The fourth-order valence-corrected chi connectivity index (χ4v) is 0. The van der Waals surface area contributed by atoms with Gasteiger partial charge in [0.25, 0.3) is 0 Å². The number of halogens is 2. The Bertz CT molecular complexity index is 6.00. The summed E-state index contributed by atoms with van der Waals surface area (Å²) in [6.07, 6.45) is 0. The van der Waals surface area contributed by atoms with Gasteiger partial charge in [0, 0.05) is 0 Å². The standard InChI is InChI=1S/Ag.2FH.Li/h;2*1H;/q+1;;;+1/p-2. The molecular weight excluding hydrogens is 153 g/mol. The summed E-state index contributed by atoms with van der Waals surface area (Å²) in [6, 6.07) is 0. The third-order valence-electron chi connectivity index (χ3n) is 0. The summed E-state index contributed by atoms with van der Waals surface area (Å²) < 4.78 is 0. The third kappa shape index (κ3) is 10.8. The first kappa shape index (κ1) is 63.8. The van der Waals surface area contributed by atoms with Crippen molar-refractivity contribution in [2.45, 2.75) is 0 Å². The van der Waals surface area contributed by atoms with Crippen molar-refractivity contribution >= 4 is 0 Å². The molecule has 26 valence electrons. The normalized spacial score (nSPS) is 0. The molecule has 0 aromatic heterocycles. The van der Waals surface area contributed by atoms with Crippen molar-refractivity contribution in [2.24, 2.45) is 0 Å². The molecule has 0 aliphatic rings. The van der Waals surface area contributed by atoms with Crippen LogP contribution in [0.25, 0.3) is 0 Å². The summed E-state index contributed by atoms with van der Waals surface area (Å²) in [5.41, 5.74) is 0. The Hall–Kier alpha value is 1.20. The zero-order valence-electron chi connectivity index (χ0n) is 2.06. The van der Waals surface area contributed by atoms with Gasteiger partial charge in [-0.25, -0.2) is 0 Å². The van der Waals surface area contributed by atoms with Gasteiger partial charge in [-0.2, -0.15) is 0 Å². The van der Waals surface area contributed by atoms with E-state index in [4.69, 9.17) is 0 Å². The molecule has 0 fully saturated rings. The second-order valence-electron chi connectivity index (χ2n) is 0. The van der Waals surface area contributed by atoms with Crippen molar-refractivity contribution in [1.29, 1.82) is 0 Å². The molecule has 0 atom stereocenters.